The molecule has 0 unspecified atom stereocenters. The van der Waals surface area contributed by atoms with Gasteiger partial charge in [-0.05, 0) is 13.3 Å². The summed E-state index contributed by atoms with van der Waals surface area (Å²) < 4.78 is 5.33. The lowest BCUT2D eigenvalue weighted by atomic mass is 10.3. The number of aromatic nitrogens is 2. The Bertz CT molecular complexity index is 220. The fourth-order valence-electron chi connectivity index (χ4n) is 0.965. The summed E-state index contributed by atoms with van der Waals surface area (Å²) in [5.74, 6) is 0.917. The van der Waals surface area contributed by atoms with Gasteiger partial charge in [0.25, 0.3) is 0 Å². The third-order valence-electron chi connectivity index (χ3n) is 1.54. The highest BCUT2D eigenvalue weighted by Crippen LogP contribution is 1.96. The van der Waals surface area contributed by atoms with Crippen molar-refractivity contribution in [2.75, 3.05) is 13.2 Å². The number of hydrogen-bond donors (Lipinski definition) is 1. The van der Waals surface area contributed by atoms with Crippen LogP contribution in [0.1, 0.15) is 24.9 Å². The molecule has 12 heavy (non-hydrogen) atoms. The third-order valence-corrected chi connectivity index (χ3v) is 1.54. The molecular weight excluding hydrogens is 152 g/mol. The lowest BCUT2D eigenvalue weighted by molar-refractivity contribution is 0.137. The van der Waals surface area contributed by atoms with Gasteiger partial charge in [-0.2, -0.15) is 0 Å². The SMILES string of the molecule is CCCOCCc1[c]nc(C)[nH]1. The van der Waals surface area contributed by atoms with Crippen molar-refractivity contribution in [3.8, 4) is 0 Å². The van der Waals surface area contributed by atoms with Crippen LogP contribution in [-0.2, 0) is 11.2 Å². The second-order valence-electron chi connectivity index (χ2n) is 2.77. The molecule has 1 N–H and O–H groups in total. The van der Waals surface area contributed by atoms with Gasteiger partial charge in [0.15, 0.2) is 0 Å². The maximum atomic E-state index is 5.33. The van der Waals surface area contributed by atoms with E-state index in [1.54, 1.807) is 0 Å². The Balaban J connectivity index is 2.15. The molecule has 0 bridgehead atoms. The van der Waals surface area contributed by atoms with Crippen molar-refractivity contribution in [1.82, 2.24) is 9.97 Å². The predicted octanol–water partition coefficient (Wildman–Crippen LogP) is 1.49. The van der Waals surface area contributed by atoms with Crippen LogP contribution in [0, 0.1) is 13.1 Å². The fourth-order valence-corrected chi connectivity index (χ4v) is 0.965. The molecule has 1 radical (unpaired) electrons. The normalized spacial score (nSPS) is 10.5. The molecule has 0 saturated carbocycles. The molecule has 0 amide bonds. The summed E-state index contributed by atoms with van der Waals surface area (Å²) >= 11 is 0. The van der Waals surface area contributed by atoms with Crippen LogP contribution in [0.15, 0.2) is 0 Å². The molecule has 3 heteroatoms. The van der Waals surface area contributed by atoms with Crippen LogP contribution < -0.4 is 0 Å². The summed E-state index contributed by atoms with van der Waals surface area (Å²) in [7, 11) is 0. The van der Waals surface area contributed by atoms with Crippen molar-refractivity contribution >= 4 is 0 Å². The van der Waals surface area contributed by atoms with Gasteiger partial charge in [0.2, 0.25) is 0 Å². The van der Waals surface area contributed by atoms with E-state index in [0.717, 1.165) is 37.6 Å². The number of ether oxygens (including phenoxy) is 1. The molecule has 0 aliphatic rings. The Hall–Kier alpha value is -0.830. The molecule has 1 heterocycles. The smallest absolute Gasteiger partial charge is 0.112 e. The highest BCUT2D eigenvalue weighted by Gasteiger charge is 1.96. The molecule has 1 rings (SSSR count). The van der Waals surface area contributed by atoms with Crippen LogP contribution in [0.25, 0.3) is 0 Å². The van der Waals surface area contributed by atoms with E-state index in [1.165, 1.54) is 0 Å². The second kappa shape index (κ2) is 4.93. The van der Waals surface area contributed by atoms with E-state index in [4.69, 9.17) is 4.74 Å². The molecule has 0 atom stereocenters. The highest BCUT2D eigenvalue weighted by atomic mass is 16.5. The summed E-state index contributed by atoms with van der Waals surface area (Å²) in [5, 5.41) is 0. The molecular formula is C9H15N2O. The Labute approximate surface area is 73.2 Å². The number of rotatable bonds is 5. The summed E-state index contributed by atoms with van der Waals surface area (Å²) in [6.07, 6.45) is 4.85. The zero-order chi connectivity index (χ0) is 8.81. The monoisotopic (exact) mass is 167 g/mol. The van der Waals surface area contributed by atoms with Crippen LogP contribution in [0.5, 0.6) is 0 Å². The first-order valence-corrected chi connectivity index (χ1v) is 4.34. The molecule has 0 aliphatic heterocycles. The first-order chi connectivity index (χ1) is 5.83. The quantitative estimate of drug-likeness (QED) is 0.675. The first kappa shape index (κ1) is 9.26. The topological polar surface area (TPSA) is 37.9 Å². The van der Waals surface area contributed by atoms with E-state index in [0.29, 0.717) is 0 Å². The van der Waals surface area contributed by atoms with Gasteiger partial charge in [0, 0.05) is 18.7 Å². The Morgan fingerprint density at radius 3 is 2.92 bits per heavy atom. The molecule has 67 valence electrons. The van der Waals surface area contributed by atoms with E-state index in [2.05, 4.69) is 23.1 Å². The van der Waals surface area contributed by atoms with Gasteiger partial charge < -0.3 is 9.72 Å². The summed E-state index contributed by atoms with van der Waals surface area (Å²) in [6, 6.07) is 0. The zero-order valence-electron chi connectivity index (χ0n) is 7.68. The van der Waals surface area contributed by atoms with Gasteiger partial charge >= 0.3 is 0 Å². The number of aryl methyl sites for hydroxylation is 1. The van der Waals surface area contributed by atoms with Crippen molar-refractivity contribution in [2.24, 2.45) is 0 Å². The van der Waals surface area contributed by atoms with Gasteiger partial charge in [-0.25, -0.2) is 4.98 Å². The number of aromatic amines is 1. The molecule has 3 nitrogen and oxygen atoms in total. The van der Waals surface area contributed by atoms with Gasteiger partial charge in [-0.15, -0.1) is 0 Å². The Morgan fingerprint density at radius 1 is 1.50 bits per heavy atom. The highest BCUT2D eigenvalue weighted by molar-refractivity contribution is 4.97. The summed E-state index contributed by atoms with van der Waals surface area (Å²) in [6.45, 7) is 5.62. The van der Waals surface area contributed by atoms with E-state index in [1.807, 2.05) is 6.92 Å². The van der Waals surface area contributed by atoms with Crippen LogP contribution in [0.4, 0.5) is 0 Å². The molecule has 0 saturated heterocycles. The zero-order valence-corrected chi connectivity index (χ0v) is 7.68. The third kappa shape index (κ3) is 3.05. The standard InChI is InChI=1S/C9H15N2O/c1-3-5-12-6-4-9-7-10-8(2)11-9/h3-6H2,1-2H3,(H,10,11). The van der Waals surface area contributed by atoms with E-state index >= 15 is 0 Å². The molecule has 1 aromatic heterocycles. The molecule has 0 fully saturated rings. The second-order valence-corrected chi connectivity index (χ2v) is 2.77. The number of nitrogens with one attached hydrogen (secondary N) is 1. The van der Waals surface area contributed by atoms with Crippen LogP contribution in [0.2, 0.25) is 0 Å². The molecule has 0 aromatic carbocycles. The lowest BCUT2D eigenvalue weighted by Gasteiger charge is -1.99. The average molecular weight is 167 g/mol. The minimum atomic E-state index is 0.756. The number of imidazole rings is 1. The van der Waals surface area contributed by atoms with Gasteiger partial charge in [0.1, 0.15) is 12.0 Å². The number of H-pyrrole nitrogens is 1. The minimum absolute atomic E-state index is 0.756. The largest absolute Gasteiger partial charge is 0.381 e. The van der Waals surface area contributed by atoms with E-state index < -0.39 is 0 Å². The van der Waals surface area contributed by atoms with Crippen LogP contribution in [-0.4, -0.2) is 23.2 Å². The maximum Gasteiger partial charge on any atom is 0.112 e. The lowest BCUT2D eigenvalue weighted by Crippen LogP contribution is -1.99. The van der Waals surface area contributed by atoms with Crippen LogP contribution in [0.3, 0.4) is 0 Å². The van der Waals surface area contributed by atoms with Crippen LogP contribution >= 0.6 is 0 Å². The molecule has 1 aromatic rings. The van der Waals surface area contributed by atoms with Crippen molar-refractivity contribution in [3.63, 3.8) is 0 Å². The average Bonchev–Trinajstić information content (AvgIpc) is 2.45. The fraction of sp³-hybridized carbons (Fsp3) is 0.667. The van der Waals surface area contributed by atoms with Gasteiger partial charge in [0.05, 0.1) is 6.61 Å². The number of nitrogens with zero attached hydrogens (tertiary/aromatic N) is 1. The minimum Gasteiger partial charge on any atom is -0.381 e. The predicted molar refractivity (Wildman–Crippen MR) is 47.0 cm³/mol. The van der Waals surface area contributed by atoms with E-state index in [9.17, 15) is 0 Å². The Morgan fingerprint density at radius 2 is 2.33 bits per heavy atom. The molecule has 0 aliphatic carbocycles. The Kier molecular flexibility index (Phi) is 3.80. The molecule has 0 spiro atoms. The van der Waals surface area contributed by atoms with Crippen molar-refractivity contribution in [3.05, 3.63) is 17.7 Å². The van der Waals surface area contributed by atoms with Gasteiger partial charge in [-0.3, -0.25) is 0 Å². The summed E-state index contributed by atoms with van der Waals surface area (Å²) in [5.41, 5.74) is 1.03. The first-order valence-electron chi connectivity index (χ1n) is 4.34. The van der Waals surface area contributed by atoms with Crippen molar-refractivity contribution < 1.29 is 4.74 Å². The van der Waals surface area contributed by atoms with E-state index in [-0.39, 0.29) is 0 Å². The van der Waals surface area contributed by atoms with Gasteiger partial charge in [-0.1, -0.05) is 6.92 Å². The number of hydrogen-bond acceptors (Lipinski definition) is 2. The maximum absolute atomic E-state index is 5.33. The van der Waals surface area contributed by atoms with Crippen molar-refractivity contribution in [2.45, 2.75) is 26.7 Å². The van der Waals surface area contributed by atoms with Crippen molar-refractivity contribution in [1.29, 1.82) is 0 Å². The summed E-state index contributed by atoms with van der Waals surface area (Å²) in [4.78, 5) is 7.09.